The molecule has 0 spiro atoms. The van der Waals surface area contributed by atoms with Crippen LogP contribution in [0.15, 0.2) is 47.6 Å². The number of aliphatic imine (C=N–C) groups is 1. The lowest BCUT2D eigenvalue weighted by Crippen LogP contribution is -2.40. The minimum absolute atomic E-state index is 0.129. The first kappa shape index (κ1) is 21.4. The minimum Gasteiger partial charge on any atom is -0.507 e. The van der Waals surface area contributed by atoms with Crippen molar-refractivity contribution < 1.29 is 5.11 Å². The Hall–Kier alpha value is -3.32. The monoisotopic (exact) mass is 404 g/mol. The van der Waals surface area contributed by atoms with Crippen LogP contribution in [0, 0.1) is 0 Å². The van der Waals surface area contributed by atoms with Gasteiger partial charge in [-0.2, -0.15) is 10.2 Å². The van der Waals surface area contributed by atoms with E-state index in [4.69, 9.17) is 5.73 Å². The molecule has 0 saturated carbocycles. The van der Waals surface area contributed by atoms with E-state index in [2.05, 4.69) is 39.3 Å². The lowest BCUT2D eigenvalue weighted by Gasteiger charge is -2.25. The molecule has 7 heteroatoms. The molecule has 1 fully saturated rings. The van der Waals surface area contributed by atoms with Gasteiger partial charge in [0.1, 0.15) is 5.75 Å². The maximum Gasteiger partial charge on any atom is 0.125 e. The molecule has 0 unspecified atom stereocenters. The van der Waals surface area contributed by atoms with E-state index in [0.717, 1.165) is 29.9 Å². The van der Waals surface area contributed by atoms with Crippen molar-refractivity contribution in [2.24, 2.45) is 4.99 Å². The van der Waals surface area contributed by atoms with Gasteiger partial charge in [0.25, 0.3) is 0 Å². The van der Waals surface area contributed by atoms with E-state index < -0.39 is 0 Å². The Kier molecular flexibility index (Phi) is 7.08. The van der Waals surface area contributed by atoms with Crippen molar-refractivity contribution in [3.63, 3.8) is 0 Å². The van der Waals surface area contributed by atoms with Crippen LogP contribution >= 0.6 is 0 Å². The fraction of sp³-hybridized carbons (Fsp3) is 0.304. The number of hydrogen-bond acceptors (Lipinski definition) is 7. The Morgan fingerprint density at radius 3 is 2.47 bits per heavy atom. The number of aromatic hydroxyl groups is 1. The fourth-order valence-electron chi connectivity index (χ4n) is 3.00. The van der Waals surface area contributed by atoms with Gasteiger partial charge in [0.15, 0.2) is 0 Å². The Morgan fingerprint density at radius 2 is 1.90 bits per heavy atom. The molecule has 1 aliphatic heterocycles. The molecule has 1 saturated heterocycles. The number of nitrogen functional groups attached to an aromatic ring is 1. The highest BCUT2D eigenvalue weighted by Gasteiger charge is 2.20. The highest BCUT2D eigenvalue weighted by atomic mass is 16.3. The molecule has 0 amide bonds. The second-order valence-electron chi connectivity index (χ2n) is 7.22. The number of nitrogens with one attached hydrogen (secondary N) is 1. The van der Waals surface area contributed by atoms with Gasteiger partial charge < -0.3 is 16.2 Å². The van der Waals surface area contributed by atoms with Crippen molar-refractivity contribution in [2.45, 2.75) is 26.2 Å². The summed E-state index contributed by atoms with van der Waals surface area (Å²) >= 11 is 0. The molecule has 4 N–H and O–H groups in total. The third-order valence-corrected chi connectivity index (χ3v) is 4.69. The number of nitrogens with zero attached hydrogens (tertiary/aromatic N) is 4. The van der Waals surface area contributed by atoms with Crippen molar-refractivity contribution in [1.82, 2.24) is 20.5 Å². The number of pyridine rings is 1. The molecule has 0 aliphatic carbocycles. The molecule has 0 atom stereocenters. The van der Waals surface area contributed by atoms with Crippen LogP contribution in [0.1, 0.15) is 37.4 Å². The van der Waals surface area contributed by atoms with Gasteiger partial charge in [0, 0.05) is 49.0 Å². The molecule has 156 valence electrons. The van der Waals surface area contributed by atoms with E-state index in [0.29, 0.717) is 28.6 Å². The molecule has 4 rings (SSSR count). The summed E-state index contributed by atoms with van der Waals surface area (Å²) in [4.78, 5) is 8.35. The number of hydrogen-bond donors (Lipinski definition) is 3. The predicted octanol–water partition coefficient (Wildman–Crippen LogP) is 3.65. The summed E-state index contributed by atoms with van der Waals surface area (Å²) in [5, 5.41) is 22.3. The van der Waals surface area contributed by atoms with E-state index in [9.17, 15) is 5.11 Å². The van der Waals surface area contributed by atoms with Crippen LogP contribution in [0.3, 0.4) is 0 Å². The van der Waals surface area contributed by atoms with Crippen molar-refractivity contribution in [3.05, 3.63) is 53.9 Å². The maximum absolute atomic E-state index is 10.5. The van der Waals surface area contributed by atoms with Crippen molar-refractivity contribution >= 4 is 11.9 Å². The smallest absolute Gasteiger partial charge is 0.125 e. The highest BCUT2D eigenvalue weighted by Crippen LogP contribution is 2.32. The van der Waals surface area contributed by atoms with Crippen LogP contribution in [-0.2, 0) is 0 Å². The van der Waals surface area contributed by atoms with Crippen molar-refractivity contribution in [3.8, 4) is 28.3 Å². The molecule has 0 bridgehead atoms. The van der Waals surface area contributed by atoms with E-state index in [1.165, 1.54) is 6.42 Å². The van der Waals surface area contributed by atoms with Gasteiger partial charge in [0.05, 0.1) is 29.0 Å². The van der Waals surface area contributed by atoms with Crippen LogP contribution in [0.4, 0.5) is 5.69 Å². The molecular weight excluding hydrogens is 376 g/mol. The van der Waals surface area contributed by atoms with Gasteiger partial charge in [-0.3, -0.25) is 9.98 Å². The third-order valence-electron chi connectivity index (χ3n) is 4.69. The fourth-order valence-corrected chi connectivity index (χ4v) is 3.00. The zero-order valence-electron chi connectivity index (χ0n) is 17.6. The average Bonchev–Trinajstić information content (AvgIpc) is 2.70. The van der Waals surface area contributed by atoms with Crippen LogP contribution in [0.5, 0.6) is 5.75 Å². The Morgan fingerprint density at radius 1 is 1.13 bits per heavy atom. The Labute approximate surface area is 177 Å². The van der Waals surface area contributed by atoms with Crippen LogP contribution in [0.2, 0.25) is 0 Å². The molecule has 0 radical (unpaired) electrons. The van der Waals surface area contributed by atoms with E-state index in [-0.39, 0.29) is 5.75 Å². The van der Waals surface area contributed by atoms with Gasteiger partial charge in [-0.05, 0) is 30.3 Å². The first-order valence-electron chi connectivity index (χ1n) is 10.1. The van der Waals surface area contributed by atoms with E-state index in [1.807, 2.05) is 30.3 Å². The summed E-state index contributed by atoms with van der Waals surface area (Å²) in [5.41, 5.74) is 11.0. The molecule has 1 aromatic carbocycles. The number of nitrogens with two attached hydrogens (primary N) is 1. The summed E-state index contributed by atoms with van der Waals surface area (Å²) in [7, 11) is 1.69. The molecule has 2 aromatic heterocycles. The van der Waals surface area contributed by atoms with Crippen LogP contribution in [0.25, 0.3) is 22.5 Å². The molecule has 3 heterocycles. The first-order valence-corrected chi connectivity index (χ1v) is 10.1. The van der Waals surface area contributed by atoms with Crippen LogP contribution < -0.4 is 11.1 Å². The van der Waals surface area contributed by atoms with Crippen LogP contribution in [-0.4, -0.2) is 46.6 Å². The number of anilines is 1. The quantitative estimate of drug-likeness (QED) is 0.573. The van der Waals surface area contributed by atoms with Crippen molar-refractivity contribution in [2.75, 3.05) is 25.9 Å². The summed E-state index contributed by atoms with van der Waals surface area (Å²) in [6, 6.07) is 11.1. The topological polar surface area (TPSA) is 109 Å². The van der Waals surface area contributed by atoms with Gasteiger partial charge >= 0.3 is 0 Å². The van der Waals surface area contributed by atoms with Gasteiger partial charge in [-0.1, -0.05) is 26.3 Å². The Balaban J connectivity index is 0.000000806. The summed E-state index contributed by atoms with van der Waals surface area (Å²) in [5.74, 6) is 0.559. The minimum atomic E-state index is 0.129. The number of aromatic nitrogens is 3. The summed E-state index contributed by atoms with van der Waals surface area (Å²) in [6.45, 7) is 6.13. The number of phenolic OH excluding ortho intramolecular Hbond substituents is 1. The molecule has 1 aliphatic rings. The second-order valence-corrected chi connectivity index (χ2v) is 7.22. The van der Waals surface area contributed by atoms with Gasteiger partial charge in [-0.25, -0.2) is 0 Å². The molecule has 7 nitrogen and oxygen atoms in total. The third kappa shape index (κ3) is 4.80. The van der Waals surface area contributed by atoms with Crippen molar-refractivity contribution in [1.29, 1.82) is 0 Å². The zero-order valence-corrected chi connectivity index (χ0v) is 17.6. The maximum atomic E-state index is 10.5. The lowest BCUT2D eigenvalue weighted by atomic mass is 9.98. The molecule has 30 heavy (non-hydrogen) atoms. The number of phenols is 1. The second kappa shape index (κ2) is 9.93. The Bertz CT molecular complexity index is 1010. The number of benzene rings is 1. The highest BCUT2D eigenvalue weighted by molar-refractivity contribution is 5.88. The summed E-state index contributed by atoms with van der Waals surface area (Å²) in [6.07, 6.45) is 4.53. The number of rotatable bonds is 4. The SMILES string of the molecule is CCC.CN=Cc1cc(-c2ccc(-c3ccc(C4CNC4)nn3)c(O)c2)ncc1N. The van der Waals surface area contributed by atoms with E-state index >= 15 is 0 Å². The lowest BCUT2D eigenvalue weighted by molar-refractivity contribution is 0.436. The zero-order chi connectivity index (χ0) is 21.5. The summed E-state index contributed by atoms with van der Waals surface area (Å²) < 4.78 is 0. The standard InChI is InChI=1S/C20H20N6O.C3H8/c1-22-8-13-6-19(24-11-16(13)21)12-2-3-15(20(27)7-12)18-5-4-17(25-26-18)14-9-23-10-14;1-3-2/h2-8,11,14,23,27H,9-10,21H2,1H3;3H2,1-2H3. The van der Waals surface area contributed by atoms with Gasteiger partial charge in [0.2, 0.25) is 0 Å². The first-order chi connectivity index (χ1) is 14.6. The van der Waals surface area contributed by atoms with E-state index in [1.54, 1.807) is 25.5 Å². The molecular formula is C23H28N6O. The largest absolute Gasteiger partial charge is 0.507 e. The predicted molar refractivity (Wildman–Crippen MR) is 122 cm³/mol. The average molecular weight is 405 g/mol. The molecule has 3 aromatic rings. The van der Waals surface area contributed by atoms with Gasteiger partial charge in [-0.15, -0.1) is 0 Å². The normalized spacial score (nSPS) is 13.6.